The molecule has 0 radical (unpaired) electrons. The highest BCUT2D eigenvalue weighted by Crippen LogP contribution is 2.26. The number of hydrogen-bond donors (Lipinski definition) is 1. The van der Waals surface area contributed by atoms with Crippen molar-refractivity contribution in [3.05, 3.63) is 58.1 Å². The molecule has 0 heterocycles. The Balaban J connectivity index is 1.79. The largest absolute Gasteiger partial charge is 0.493 e. The highest BCUT2D eigenvalue weighted by Gasteiger charge is 2.04. The SMILES string of the molecule is COc1ccc(/C=N\NC(=O)CSCc2ccccc2Br)cc1OC. The van der Waals surface area contributed by atoms with Crippen LogP contribution in [0.1, 0.15) is 11.1 Å². The van der Waals surface area contributed by atoms with E-state index in [-0.39, 0.29) is 5.91 Å². The van der Waals surface area contributed by atoms with Gasteiger partial charge in [-0.15, -0.1) is 11.8 Å². The molecule has 0 aromatic heterocycles. The predicted molar refractivity (Wildman–Crippen MR) is 106 cm³/mol. The van der Waals surface area contributed by atoms with Crippen LogP contribution in [0.3, 0.4) is 0 Å². The van der Waals surface area contributed by atoms with Crippen LogP contribution in [-0.4, -0.2) is 32.1 Å². The average molecular weight is 423 g/mol. The molecule has 0 saturated heterocycles. The molecule has 25 heavy (non-hydrogen) atoms. The van der Waals surface area contributed by atoms with Crippen molar-refractivity contribution in [2.45, 2.75) is 5.75 Å². The minimum atomic E-state index is -0.145. The Hall–Kier alpha value is -1.99. The lowest BCUT2D eigenvalue weighted by atomic mass is 10.2. The molecule has 132 valence electrons. The van der Waals surface area contributed by atoms with E-state index in [0.29, 0.717) is 17.3 Å². The van der Waals surface area contributed by atoms with E-state index in [1.165, 1.54) is 11.8 Å². The third kappa shape index (κ3) is 6.10. The van der Waals surface area contributed by atoms with Gasteiger partial charge in [0.15, 0.2) is 11.5 Å². The third-order valence-electron chi connectivity index (χ3n) is 3.26. The van der Waals surface area contributed by atoms with Crippen molar-refractivity contribution in [2.24, 2.45) is 5.10 Å². The van der Waals surface area contributed by atoms with E-state index in [0.717, 1.165) is 21.4 Å². The van der Waals surface area contributed by atoms with Gasteiger partial charge in [0.1, 0.15) is 0 Å². The number of hydrazone groups is 1. The Labute approximate surface area is 159 Å². The summed E-state index contributed by atoms with van der Waals surface area (Å²) in [5.41, 5.74) is 4.49. The topological polar surface area (TPSA) is 59.9 Å². The fourth-order valence-corrected chi connectivity index (χ4v) is 3.45. The number of benzene rings is 2. The number of halogens is 1. The number of carbonyl (C=O) groups excluding carboxylic acids is 1. The van der Waals surface area contributed by atoms with E-state index >= 15 is 0 Å². The van der Waals surface area contributed by atoms with E-state index in [1.807, 2.05) is 30.3 Å². The van der Waals surface area contributed by atoms with Gasteiger partial charge >= 0.3 is 0 Å². The maximum atomic E-state index is 11.8. The Morgan fingerprint density at radius 1 is 1.20 bits per heavy atom. The molecular formula is C18H19BrN2O3S. The molecule has 0 aliphatic heterocycles. The summed E-state index contributed by atoms with van der Waals surface area (Å²) in [4.78, 5) is 11.8. The molecule has 7 heteroatoms. The summed E-state index contributed by atoms with van der Waals surface area (Å²) < 4.78 is 11.5. The predicted octanol–water partition coefficient (Wildman–Crippen LogP) is 3.85. The van der Waals surface area contributed by atoms with E-state index in [9.17, 15) is 4.79 Å². The standard InChI is InChI=1S/C18H19BrN2O3S/c1-23-16-8-7-13(9-17(16)24-2)10-20-21-18(22)12-25-11-14-5-3-4-6-15(14)19/h3-10H,11-12H2,1-2H3,(H,21,22)/b20-10-. The lowest BCUT2D eigenvalue weighted by Crippen LogP contribution is -2.19. The number of amides is 1. The van der Waals surface area contributed by atoms with E-state index < -0.39 is 0 Å². The van der Waals surface area contributed by atoms with Crippen LogP contribution in [0, 0.1) is 0 Å². The van der Waals surface area contributed by atoms with Crippen LogP contribution in [-0.2, 0) is 10.5 Å². The van der Waals surface area contributed by atoms with Gasteiger partial charge in [0.2, 0.25) is 5.91 Å². The van der Waals surface area contributed by atoms with E-state index in [4.69, 9.17) is 9.47 Å². The van der Waals surface area contributed by atoms with E-state index in [1.54, 1.807) is 32.6 Å². The van der Waals surface area contributed by atoms with Crippen LogP contribution in [0.4, 0.5) is 0 Å². The first-order valence-corrected chi connectivity index (χ1v) is 9.44. The minimum absolute atomic E-state index is 0.145. The number of nitrogens with one attached hydrogen (secondary N) is 1. The first-order chi connectivity index (χ1) is 12.1. The van der Waals surface area contributed by atoms with Crippen LogP contribution in [0.5, 0.6) is 11.5 Å². The van der Waals surface area contributed by atoms with Gasteiger partial charge in [-0.1, -0.05) is 34.1 Å². The zero-order valence-electron chi connectivity index (χ0n) is 14.0. The van der Waals surface area contributed by atoms with Gasteiger partial charge in [-0.3, -0.25) is 4.79 Å². The summed E-state index contributed by atoms with van der Waals surface area (Å²) in [5, 5.41) is 3.97. The molecule has 2 aromatic carbocycles. The fourth-order valence-electron chi connectivity index (χ4n) is 2.01. The van der Waals surface area contributed by atoms with Crippen molar-refractivity contribution in [1.29, 1.82) is 0 Å². The number of thioether (sulfide) groups is 1. The zero-order valence-corrected chi connectivity index (χ0v) is 16.4. The molecule has 5 nitrogen and oxygen atoms in total. The second-order valence-electron chi connectivity index (χ2n) is 4.99. The van der Waals surface area contributed by atoms with Gasteiger partial charge in [0.25, 0.3) is 0 Å². The molecule has 2 aromatic rings. The Kier molecular flexibility index (Phi) is 7.81. The molecule has 0 atom stereocenters. The summed E-state index contributed by atoms with van der Waals surface area (Å²) in [6, 6.07) is 13.4. The number of nitrogens with zero attached hydrogens (tertiary/aromatic N) is 1. The van der Waals surface area contributed by atoms with Gasteiger partial charge in [0.05, 0.1) is 26.2 Å². The Morgan fingerprint density at radius 2 is 1.96 bits per heavy atom. The molecule has 0 aliphatic rings. The van der Waals surface area contributed by atoms with Crippen molar-refractivity contribution >= 4 is 39.8 Å². The van der Waals surface area contributed by atoms with Gasteiger partial charge in [-0.05, 0) is 35.4 Å². The number of ether oxygens (including phenoxy) is 2. The van der Waals surface area contributed by atoms with Crippen LogP contribution >= 0.6 is 27.7 Å². The van der Waals surface area contributed by atoms with Gasteiger partial charge < -0.3 is 9.47 Å². The van der Waals surface area contributed by atoms with Crippen LogP contribution in [0.25, 0.3) is 0 Å². The molecule has 0 unspecified atom stereocenters. The molecular weight excluding hydrogens is 404 g/mol. The zero-order chi connectivity index (χ0) is 18.1. The quantitative estimate of drug-likeness (QED) is 0.518. The van der Waals surface area contributed by atoms with Crippen LogP contribution in [0.15, 0.2) is 52.0 Å². The first-order valence-electron chi connectivity index (χ1n) is 7.49. The number of rotatable bonds is 8. The minimum Gasteiger partial charge on any atom is -0.493 e. The molecule has 0 spiro atoms. The Bertz CT molecular complexity index is 753. The monoisotopic (exact) mass is 422 g/mol. The van der Waals surface area contributed by atoms with Crippen LogP contribution in [0.2, 0.25) is 0 Å². The smallest absolute Gasteiger partial charge is 0.250 e. The summed E-state index contributed by atoms with van der Waals surface area (Å²) in [7, 11) is 3.15. The second kappa shape index (κ2) is 10.1. The molecule has 1 amide bonds. The number of methoxy groups -OCH3 is 2. The summed E-state index contributed by atoms with van der Waals surface area (Å²) in [5.74, 6) is 2.21. The van der Waals surface area contributed by atoms with Gasteiger partial charge in [-0.2, -0.15) is 5.10 Å². The average Bonchev–Trinajstić information content (AvgIpc) is 2.63. The molecule has 0 bridgehead atoms. The normalized spacial score (nSPS) is 10.7. The molecule has 0 aliphatic carbocycles. The van der Waals surface area contributed by atoms with Crippen molar-refractivity contribution in [1.82, 2.24) is 5.43 Å². The molecule has 1 N–H and O–H groups in total. The second-order valence-corrected chi connectivity index (χ2v) is 6.83. The van der Waals surface area contributed by atoms with Crippen LogP contribution < -0.4 is 14.9 Å². The van der Waals surface area contributed by atoms with Crippen molar-refractivity contribution < 1.29 is 14.3 Å². The van der Waals surface area contributed by atoms with Crippen molar-refractivity contribution in [3.63, 3.8) is 0 Å². The van der Waals surface area contributed by atoms with Crippen molar-refractivity contribution in [2.75, 3.05) is 20.0 Å². The number of hydrogen-bond acceptors (Lipinski definition) is 5. The lowest BCUT2D eigenvalue weighted by Gasteiger charge is -2.07. The maximum absolute atomic E-state index is 11.8. The fraction of sp³-hybridized carbons (Fsp3) is 0.222. The highest BCUT2D eigenvalue weighted by molar-refractivity contribution is 9.10. The summed E-state index contributed by atoms with van der Waals surface area (Å²) in [6.07, 6.45) is 1.57. The molecule has 2 rings (SSSR count). The molecule has 0 saturated carbocycles. The van der Waals surface area contributed by atoms with Crippen molar-refractivity contribution in [3.8, 4) is 11.5 Å². The maximum Gasteiger partial charge on any atom is 0.250 e. The van der Waals surface area contributed by atoms with Gasteiger partial charge in [-0.25, -0.2) is 5.43 Å². The summed E-state index contributed by atoms with van der Waals surface area (Å²) in [6.45, 7) is 0. The Morgan fingerprint density at radius 3 is 2.68 bits per heavy atom. The highest BCUT2D eigenvalue weighted by atomic mass is 79.9. The third-order valence-corrected chi connectivity index (χ3v) is 5.01. The van der Waals surface area contributed by atoms with E-state index in [2.05, 4.69) is 26.5 Å². The number of carbonyl (C=O) groups is 1. The molecule has 0 fully saturated rings. The van der Waals surface area contributed by atoms with Gasteiger partial charge in [0, 0.05) is 10.2 Å². The first kappa shape index (κ1) is 19.3. The summed E-state index contributed by atoms with van der Waals surface area (Å²) >= 11 is 5.03. The lowest BCUT2D eigenvalue weighted by molar-refractivity contribution is -0.118.